The van der Waals surface area contributed by atoms with Gasteiger partial charge in [0.2, 0.25) is 16.0 Å². The van der Waals surface area contributed by atoms with Crippen LogP contribution in [0.4, 0.5) is 5.95 Å². The minimum absolute atomic E-state index is 0.286. The zero-order valence-electron chi connectivity index (χ0n) is 19.2. The number of anilines is 1. The molecule has 0 spiro atoms. The molecule has 2 aromatic carbocycles. The molecule has 0 radical (unpaired) electrons. The van der Waals surface area contributed by atoms with Gasteiger partial charge in [-0.15, -0.1) is 0 Å². The quantitative estimate of drug-likeness (QED) is 0.365. The highest BCUT2D eigenvalue weighted by atomic mass is 32.2. The molecule has 0 amide bonds. The van der Waals surface area contributed by atoms with E-state index < -0.39 is 16.0 Å². The molecule has 0 atom stereocenters. The third-order valence-corrected chi connectivity index (χ3v) is 7.24. The van der Waals surface area contributed by atoms with E-state index in [1.807, 2.05) is 30.3 Å². The average molecular weight is 484 g/mol. The number of hydrogen-bond acceptors (Lipinski definition) is 8. The SMILES string of the molecule is CCOC(=O)c1cnc(N2CCN(CCCNS(=O)(=O)c3ccc4ccccc4c3)CC2)nc1. The Kier molecular flexibility index (Phi) is 7.71. The van der Waals surface area contributed by atoms with E-state index in [1.54, 1.807) is 19.1 Å². The van der Waals surface area contributed by atoms with Crippen LogP contribution in [0.15, 0.2) is 59.8 Å². The molecule has 34 heavy (non-hydrogen) atoms. The summed E-state index contributed by atoms with van der Waals surface area (Å²) in [4.78, 5) is 25.0. The highest BCUT2D eigenvalue weighted by Crippen LogP contribution is 2.19. The topological polar surface area (TPSA) is 105 Å². The van der Waals surface area contributed by atoms with Gasteiger partial charge in [0.1, 0.15) is 0 Å². The first-order valence-corrected chi connectivity index (χ1v) is 12.9. The number of hydrogen-bond donors (Lipinski definition) is 1. The lowest BCUT2D eigenvalue weighted by Gasteiger charge is -2.34. The van der Waals surface area contributed by atoms with Crippen LogP contribution in [0.3, 0.4) is 0 Å². The van der Waals surface area contributed by atoms with Gasteiger partial charge in [0.05, 0.1) is 17.1 Å². The summed E-state index contributed by atoms with van der Waals surface area (Å²) in [6.07, 6.45) is 3.71. The molecule has 9 nitrogen and oxygen atoms in total. The van der Waals surface area contributed by atoms with Crippen LogP contribution in [0.5, 0.6) is 0 Å². The highest BCUT2D eigenvalue weighted by molar-refractivity contribution is 7.89. The number of esters is 1. The average Bonchev–Trinajstić information content (AvgIpc) is 2.87. The Morgan fingerprint density at radius 1 is 1.03 bits per heavy atom. The third-order valence-electron chi connectivity index (χ3n) is 5.78. The van der Waals surface area contributed by atoms with Gasteiger partial charge in [-0.25, -0.2) is 27.9 Å². The Balaban J connectivity index is 1.21. The molecule has 0 saturated carbocycles. The number of sulfonamides is 1. The molecule has 0 unspecified atom stereocenters. The molecule has 0 bridgehead atoms. The van der Waals surface area contributed by atoms with Crippen molar-refractivity contribution >= 4 is 32.7 Å². The van der Waals surface area contributed by atoms with Crippen molar-refractivity contribution in [3.8, 4) is 0 Å². The standard InChI is InChI=1S/C24H29N5O4S/c1-2-33-23(30)21-17-25-24(26-18-21)29-14-12-28(13-15-29)11-5-10-27-34(31,32)22-9-8-19-6-3-4-7-20(19)16-22/h3-4,6-9,16-18,27H,2,5,10-15H2,1H3. The molecule has 1 N–H and O–H groups in total. The summed E-state index contributed by atoms with van der Waals surface area (Å²) in [7, 11) is -3.54. The Morgan fingerprint density at radius 3 is 2.44 bits per heavy atom. The first kappa shape index (κ1) is 24.1. The molecule has 180 valence electrons. The Morgan fingerprint density at radius 2 is 1.74 bits per heavy atom. The lowest BCUT2D eigenvalue weighted by molar-refractivity contribution is 0.0525. The maximum absolute atomic E-state index is 12.7. The molecule has 0 aliphatic carbocycles. The van der Waals surface area contributed by atoms with Crippen LogP contribution in [-0.2, 0) is 14.8 Å². The van der Waals surface area contributed by atoms with Crippen LogP contribution in [0.25, 0.3) is 10.8 Å². The van der Waals surface area contributed by atoms with E-state index in [0.29, 0.717) is 24.7 Å². The monoisotopic (exact) mass is 483 g/mol. The lowest BCUT2D eigenvalue weighted by Crippen LogP contribution is -2.47. The third kappa shape index (κ3) is 5.88. The van der Waals surface area contributed by atoms with E-state index >= 15 is 0 Å². The van der Waals surface area contributed by atoms with Crippen LogP contribution < -0.4 is 9.62 Å². The summed E-state index contributed by atoms with van der Waals surface area (Å²) >= 11 is 0. The Hall–Kier alpha value is -3.08. The Bertz CT molecular complexity index is 1230. The molecule has 1 aliphatic rings. The zero-order chi connectivity index (χ0) is 24.0. The van der Waals surface area contributed by atoms with Crippen molar-refractivity contribution in [1.82, 2.24) is 19.6 Å². The molecule has 4 rings (SSSR count). The number of rotatable bonds is 9. The van der Waals surface area contributed by atoms with Gasteiger partial charge in [-0.2, -0.15) is 0 Å². The minimum atomic E-state index is -3.54. The number of nitrogens with zero attached hydrogens (tertiary/aromatic N) is 4. The van der Waals surface area contributed by atoms with E-state index in [0.717, 1.165) is 49.9 Å². The van der Waals surface area contributed by atoms with Crippen LogP contribution in [0, 0.1) is 0 Å². The van der Waals surface area contributed by atoms with E-state index in [1.165, 1.54) is 12.4 Å². The lowest BCUT2D eigenvalue weighted by atomic mass is 10.1. The normalized spacial score (nSPS) is 14.9. The van der Waals surface area contributed by atoms with Crippen LogP contribution >= 0.6 is 0 Å². The van der Waals surface area contributed by atoms with Crippen LogP contribution in [0.1, 0.15) is 23.7 Å². The summed E-state index contributed by atoms with van der Waals surface area (Å²) in [5.74, 6) is 0.172. The molecule has 1 fully saturated rings. The van der Waals surface area contributed by atoms with Gasteiger partial charge in [-0.05, 0) is 42.8 Å². The van der Waals surface area contributed by atoms with Crippen molar-refractivity contribution < 1.29 is 17.9 Å². The fourth-order valence-corrected chi connectivity index (χ4v) is 5.01. The van der Waals surface area contributed by atoms with Gasteiger partial charge >= 0.3 is 5.97 Å². The number of piperazine rings is 1. The second kappa shape index (κ2) is 10.9. The second-order valence-corrected chi connectivity index (χ2v) is 9.85. The number of benzene rings is 2. The number of fused-ring (bicyclic) bond motifs is 1. The van der Waals surface area contributed by atoms with Gasteiger partial charge in [0.15, 0.2) is 0 Å². The highest BCUT2D eigenvalue weighted by Gasteiger charge is 2.20. The number of carbonyl (C=O) groups is 1. The van der Waals surface area contributed by atoms with E-state index in [2.05, 4.69) is 24.5 Å². The summed E-state index contributed by atoms with van der Waals surface area (Å²) in [5, 5.41) is 1.92. The summed E-state index contributed by atoms with van der Waals surface area (Å²) in [5.41, 5.74) is 0.343. The van der Waals surface area contributed by atoms with E-state index in [4.69, 9.17) is 4.74 Å². The molecular formula is C24H29N5O4S. The van der Waals surface area contributed by atoms with Crippen LogP contribution in [0.2, 0.25) is 0 Å². The molecule has 10 heteroatoms. The molecule has 1 saturated heterocycles. The Labute approximate surface area is 199 Å². The molecule has 1 aromatic heterocycles. The largest absolute Gasteiger partial charge is 0.462 e. The number of carbonyl (C=O) groups excluding carboxylic acids is 1. The van der Waals surface area contributed by atoms with Crippen molar-refractivity contribution in [3.05, 3.63) is 60.4 Å². The fraction of sp³-hybridized carbons (Fsp3) is 0.375. The minimum Gasteiger partial charge on any atom is -0.462 e. The maximum atomic E-state index is 12.7. The predicted octanol–water partition coefficient (Wildman–Crippen LogP) is 2.30. The summed E-state index contributed by atoms with van der Waals surface area (Å²) < 4.78 is 33.0. The summed E-state index contributed by atoms with van der Waals surface area (Å²) in [6.45, 7) is 6.45. The van der Waals surface area contributed by atoms with Crippen molar-refractivity contribution in [3.63, 3.8) is 0 Å². The summed E-state index contributed by atoms with van der Waals surface area (Å²) in [6, 6.07) is 12.9. The van der Waals surface area contributed by atoms with Crippen molar-refractivity contribution in [2.45, 2.75) is 18.2 Å². The smallest absolute Gasteiger partial charge is 0.341 e. The zero-order valence-corrected chi connectivity index (χ0v) is 20.0. The van der Waals surface area contributed by atoms with Gasteiger partial charge in [-0.1, -0.05) is 30.3 Å². The van der Waals surface area contributed by atoms with Gasteiger partial charge in [-0.3, -0.25) is 4.90 Å². The molecule has 2 heterocycles. The van der Waals surface area contributed by atoms with Gasteiger partial charge < -0.3 is 9.64 Å². The molecule has 1 aliphatic heterocycles. The first-order chi connectivity index (χ1) is 16.5. The van der Waals surface area contributed by atoms with Gasteiger partial charge in [0, 0.05) is 45.1 Å². The van der Waals surface area contributed by atoms with Crippen molar-refractivity contribution in [1.29, 1.82) is 0 Å². The molecular weight excluding hydrogens is 454 g/mol. The maximum Gasteiger partial charge on any atom is 0.341 e. The van der Waals surface area contributed by atoms with Crippen molar-refractivity contribution in [2.75, 3.05) is 50.8 Å². The molecule has 3 aromatic rings. The van der Waals surface area contributed by atoms with E-state index in [-0.39, 0.29) is 4.90 Å². The number of aromatic nitrogens is 2. The number of ether oxygens (including phenoxy) is 1. The number of nitrogens with one attached hydrogen (secondary N) is 1. The second-order valence-electron chi connectivity index (χ2n) is 8.08. The first-order valence-electron chi connectivity index (χ1n) is 11.4. The van der Waals surface area contributed by atoms with Crippen molar-refractivity contribution in [2.24, 2.45) is 0 Å². The predicted molar refractivity (Wildman–Crippen MR) is 130 cm³/mol. The van der Waals surface area contributed by atoms with Crippen LogP contribution in [-0.4, -0.2) is 75.1 Å². The fourth-order valence-electron chi connectivity index (χ4n) is 3.90. The van der Waals surface area contributed by atoms with E-state index in [9.17, 15) is 13.2 Å². The van der Waals surface area contributed by atoms with Gasteiger partial charge in [0.25, 0.3) is 0 Å².